The number of nitrogens with zero attached hydrogens (tertiary/aromatic N) is 4. The van der Waals surface area contributed by atoms with Crippen molar-refractivity contribution < 1.29 is 31.7 Å². The van der Waals surface area contributed by atoms with Crippen LogP contribution in [0.15, 0.2) is 59.2 Å². The molecule has 7 nitrogen and oxygen atoms in total. The highest BCUT2D eigenvalue weighted by Crippen LogP contribution is 2.35. The van der Waals surface area contributed by atoms with Crippen molar-refractivity contribution in [2.45, 2.75) is 20.4 Å². The van der Waals surface area contributed by atoms with E-state index < -0.39 is 45.6 Å². The van der Waals surface area contributed by atoms with E-state index in [2.05, 4.69) is 5.10 Å². The van der Waals surface area contributed by atoms with Gasteiger partial charge in [-0.05, 0) is 31.6 Å². The van der Waals surface area contributed by atoms with Crippen LogP contribution in [0.25, 0.3) is 17.0 Å². The average molecular weight is 540 g/mol. The van der Waals surface area contributed by atoms with E-state index in [4.69, 9.17) is 0 Å². The number of rotatable bonds is 5. The highest BCUT2D eigenvalue weighted by molar-refractivity contribution is 6.32. The molecule has 5 rings (SSSR count). The third-order valence-corrected chi connectivity index (χ3v) is 6.52. The van der Waals surface area contributed by atoms with Crippen molar-refractivity contribution >= 4 is 40.0 Å². The number of fused-ring (bicyclic) bond motifs is 1. The number of anilines is 1. The number of aromatic nitrogens is 1. The van der Waals surface area contributed by atoms with Gasteiger partial charge >= 0.3 is 0 Å². The van der Waals surface area contributed by atoms with E-state index in [-0.39, 0.29) is 22.0 Å². The van der Waals surface area contributed by atoms with Gasteiger partial charge in [0.15, 0.2) is 23.3 Å². The second-order valence-corrected chi connectivity index (χ2v) is 8.80. The van der Waals surface area contributed by atoms with Crippen LogP contribution in [-0.2, 0) is 11.3 Å². The van der Waals surface area contributed by atoms with E-state index in [0.717, 1.165) is 16.5 Å². The normalized spacial score (nSPS) is 14.5. The van der Waals surface area contributed by atoms with Gasteiger partial charge in [0.2, 0.25) is 5.82 Å². The molecule has 1 aromatic heterocycles. The Labute approximate surface area is 217 Å². The molecule has 0 saturated carbocycles. The summed E-state index contributed by atoms with van der Waals surface area (Å²) in [6.45, 7) is 3.50. The van der Waals surface area contributed by atoms with Gasteiger partial charge in [0.05, 0.1) is 16.2 Å². The molecule has 3 aromatic carbocycles. The number of hydrogen-bond acceptors (Lipinski definition) is 4. The van der Waals surface area contributed by atoms with E-state index in [0.29, 0.717) is 17.8 Å². The van der Waals surface area contributed by atoms with Crippen molar-refractivity contribution in [2.24, 2.45) is 5.10 Å². The zero-order chi connectivity index (χ0) is 28.2. The molecule has 198 valence electrons. The summed E-state index contributed by atoms with van der Waals surface area (Å²) in [5.41, 5.74) is 1.22. The van der Waals surface area contributed by atoms with Crippen molar-refractivity contribution in [1.82, 2.24) is 4.57 Å². The molecule has 4 aromatic rings. The van der Waals surface area contributed by atoms with Crippen molar-refractivity contribution in [3.8, 4) is 0 Å². The summed E-state index contributed by atoms with van der Waals surface area (Å²) in [6, 6.07) is 13.3. The number of carbonyl (C=O) groups is 1. The number of hydrogen-bond donors (Lipinski definition) is 0. The lowest BCUT2D eigenvalue weighted by molar-refractivity contribution is -0.384. The molecule has 1 aliphatic rings. The summed E-state index contributed by atoms with van der Waals surface area (Å²) >= 11 is 0. The molecule has 0 N–H and O–H groups in total. The lowest BCUT2D eigenvalue weighted by atomic mass is 10.0. The average Bonchev–Trinajstić information content (AvgIpc) is 3.34. The number of para-hydroxylation sites is 1. The Balaban J connectivity index is 1.58. The minimum atomic E-state index is -2.34. The van der Waals surface area contributed by atoms with Crippen LogP contribution in [0.2, 0.25) is 0 Å². The van der Waals surface area contributed by atoms with Crippen LogP contribution in [0, 0.1) is 46.1 Å². The van der Waals surface area contributed by atoms with Gasteiger partial charge in [0, 0.05) is 40.8 Å². The molecule has 39 heavy (non-hydrogen) atoms. The molecule has 1 aliphatic heterocycles. The fourth-order valence-electron chi connectivity index (χ4n) is 4.51. The minimum Gasteiger partial charge on any atom is -0.340 e. The number of amides is 1. The van der Waals surface area contributed by atoms with Gasteiger partial charge in [-0.2, -0.15) is 10.1 Å². The van der Waals surface area contributed by atoms with E-state index in [1.54, 1.807) is 31.2 Å². The van der Waals surface area contributed by atoms with Gasteiger partial charge < -0.3 is 4.57 Å². The van der Waals surface area contributed by atoms with E-state index in [1.807, 2.05) is 16.7 Å². The van der Waals surface area contributed by atoms with Crippen LogP contribution in [0.3, 0.4) is 0 Å². The molecule has 2 heterocycles. The van der Waals surface area contributed by atoms with Gasteiger partial charge in [0.1, 0.15) is 5.69 Å². The van der Waals surface area contributed by atoms with E-state index in [1.165, 1.54) is 25.1 Å². The predicted molar refractivity (Wildman–Crippen MR) is 134 cm³/mol. The van der Waals surface area contributed by atoms with Crippen LogP contribution < -0.4 is 5.01 Å². The van der Waals surface area contributed by atoms with Crippen molar-refractivity contribution in [1.29, 1.82) is 0 Å². The molecule has 1 amide bonds. The fraction of sp³-hybridized carbons (Fsp3) is 0.111. The summed E-state index contributed by atoms with van der Waals surface area (Å²) < 4.78 is 71.9. The van der Waals surface area contributed by atoms with Gasteiger partial charge in [-0.3, -0.25) is 14.9 Å². The van der Waals surface area contributed by atoms with Gasteiger partial charge in [-0.25, -0.2) is 22.0 Å². The molecule has 0 radical (unpaired) electrons. The summed E-state index contributed by atoms with van der Waals surface area (Å²) in [4.78, 5) is 23.7. The van der Waals surface area contributed by atoms with Crippen LogP contribution in [0.5, 0.6) is 0 Å². The van der Waals surface area contributed by atoms with Gasteiger partial charge in [-0.15, -0.1) is 0 Å². The number of non-ortho nitro benzene ring substituents is 1. The second kappa shape index (κ2) is 9.46. The Morgan fingerprint density at radius 1 is 0.897 bits per heavy atom. The smallest absolute Gasteiger partial charge is 0.280 e. The molecule has 0 fully saturated rings. The molecule has 0 aliphatic carbocycles. The summed E-state index contributed by atoms with van der Waals surface area (Å²) in [7, 11) is 0. The number of benzene rings is 3. The highest BCUT2D eigenvalue weighted by atomic mass is 19.2. The maximum absolute atomic E-state index is 14.4. The van der Waals surface area contributed by atoms with Crippen LogP contribution in [0.1, 0.15) is 23.7 Å². The second-order valence-electron chi connectivity index (χ2n) is 8.80. The number of nitro benzene ring substituents is 1. The quantitative estimate of drug-likeness (QED) is 0.0733. The molecule has 12 heteroatoms. The Bertz CT molecular complexity index is 1730. The summed E-state index contributed by atoms with van der Waals surface area (Å²) in [6.07, 6.45) is 1.46. The third-order valence-electron chi connectivity index (χ3n) is 6.52. The Morgan fingerprint density at radius 3 is 2.10 bits per heavy atom. The fourth-order valence-corrected chi connectivity index (χ4v) is 4.51. The first-order chi connectivity index (χ1) is 18.5. The van der Waals surface area contributed by atoms with Crippen LogP contribution in [0.4, 0.5) is 33.3 Å². The molecule has 0 unspecified atom stereocenters. The lowest BCUT2D eigenvalue weighted by Crippen LogP contribution is -2.25. The first kappa shape index (κ1) is 25.8. The Morgan fingerprint density at radius 2 is 1.49 bits per heavy atom. The van der Waals surface area contributed by atoms with Gasteiger partial charge in [-0.1, -0.05) is 30.3 Å². The molecular weight excluding hydrogens is 523 g/mol. The predicted octanol–water partition coefficient (Wildman–Crippen LogP) is 6.41. The maximum atomic E-state index is 14.4. The molecule has 0 bridgehead atoms. The maximum Gasteiger partial charge on any atom is 0.280 e. The first-order valence-electron chi connectivity index (χ1n) is 11.5. The minimum absolute atomic E-state index is 0.00976. The van der Waals surface area contributed by atoms with Crippen molar-refractivity contribution in [3.05, 3.63) is 110 Å². The molecular formula is C27H17F5N4O3. The topological polar surface area (TPSA) is 80.7 Å². The van der Waals surface area contributed by atoms with Crippen molar-refractivity contribution in [2.75, 3.05) is 5.01 Å². The van der Waals surface area contributed by atoms with E-state index >= 15 is 0 Å². The Kier molecular flexibility index (Phi) is 6.25. The van der Waals surface area contributed by atoms with E-state index in [9.17, 15) is 36.9 Å². The monoisotopic (exact) mass is 540 g/mol. The number of nitro groups is 1. The SMILES string of the molecule is CC1=NN(c2c(F)c(F)c(F)c(F)c2F)C(=O)/C1=C/c1c(C)n(Cc2ccc([N+](=O)[O-])cc2)c2ccccc12. The highest BCUT2D eigenvalue weighted by Gasteiger charge is 2.37. The first-order valence-corrected chi connectivity index (χ1v) is 11.5. The largest absolute Gasteiger partial charge is 0.340 e. The summed E-state index contributed by atoms with van der Waals surface area (Å²) in [5.74, 6) is -12.1. The zero-order valence-electron chi connectivity index (χ0n) is 20.3. The summed E-state index contributed by atoms with van der Waals surface area (Å²) in [5, 5.41) is 15.7. The number of carbonyl (C=O) groups excluding carboxylic acids is 1. The number of halogens is 5. The number of hydrazone groups is 1. The third kappa shape index (κ3) is 4.13. The van der Waals surface area contributed by atoms with Crippen LogP contribution in [-0.4, -0.2) is 21.1 Å². The van der Waals surface area contributed by atoms with Crippen molar-refractivity contribution in [3.63, 3.8) is 0 Å². The molecule has 0 saturated heterocycles. The molecule has 0 atom stereocenters. The Hall–Kier alpha value is -4.87. The lowest BCUT2D eigenvalue weighted by Gasteiger charge is -2.15. The molecule has 0 spiro atoms. The standard InChI is InChI=1S/C27H17F5N4O3/c1-13-18(27(37)35(33-13)26-24(31)22(29)21(28)23(30)25(26)32)11-19-14(2)34(20-6-4-3-5-17(19)20)12-15-7-9-16(10-8-15)36(38)39/h3-11H,12H2,1-2H3/b18-11+. The van der Waals surface area contributed by atoms with Gasteiger partial charge in [0.25, 0.3) is 11.6 Å². The van der Waals surface area contributed by atoms with Crippen LogP contribution >= 0.6 is 0 Å². The zero-order valence-corrected chi connectivity index (χ0v) is 20.3.